The van der Waals surface area contributed by atoms with E-state index in [0.29, 0.717) is 36.2 Å². The third kappa shape index (κ3) is 6.93. The predicted molar refractivity (Wildman–Crippen MR) is 128 cm³/mol. The first kappa shape index (κ1) is 23.6. The second-order valence-corrected chi connectivity index (χ2v) is 7.72. The number of aliphatic imine (C=N–C) groups is 1. The Hall–Kier alpha value is -1.72. The Morgan fingerprint density at radius 2 is 2.03 bits per heavy atom. The van der Waals surface area contributed by atoms with Crippen LogP contribution in [0.3, 0.4) is 0 Å². The summed E-state index contributed by atoms with van der Waals surface area (Å²) >= 11 is 7.57. The SMILES string of the molecule is CCNC(=NCCc1nc(-c2ccc(Cl)cc2)no1)N(C)Cc1csc(C)n1.I. The maximum Gasteiger partial charge on any atom is 0.228 e. The van der Waals surface area contributed by atoms with Crippen LogP contribution in [-0.4, -0.2) is 46.1 Å². The standard InChI is InChI=1S/C19H23ClN6OS.HI/c1-4-21-19(26(3)11-16-12-28-13(2)23-16)22-10-9-17-24-18(25-27-17)14-5-7-15(20)8-6-14;/h5-8,12H,4,9-11H2,1-3H3,(H,21,22);1H. The molecule has 0 fully saturated rings. The Morgan fingerprint density at radius 1 is 1.28 bits per heavy atom. The summed E-state index contributed by atoms with van der Waals surface area (Å²) in [6.07, 6.45) is 0.569. The molecule has 0 unspecified atom stereocenters. The summed E-state index contributed by atoms with van der Waals surface area (Å²) in [4.78, 5) is 15.7. The molecule has 3 aromatic rings. The van der Waals surface area contributed by atoms with Crippen molar-refractivity contribution in [2.75, 3.05) is 20.1 Å². The van der Waals surface area contributed by atoms with Crippen molar-refractivity contribution >= 4 is 52.9 Å². The quantitative estimate of drug-likeness (QED) is 0.269. The van der Waals surface area contributed by atoms with Crippen LogP contribution < -0.4 is 5.32 Å². The van der Waals surface area contributed by atoms with Crippen molar-refractivity contribution in [3.8, 4) is 11.4 Å². The molecule has 1 N–H and O–H groups in total. The highest BCUT2D eigenvalue weighted by atomic mass is 127. The average Bonchev–Trinajstić information content (AvgIpc) is 3.31. The van der Waals surface area contributed by atoms with Gasteiger partial charge in [0.05, 0.1) is 23.8 Å². The van der Waals surface area contributed by atoms with Crippen molar-refractivity contribution in [1.29, 1.82) is 0 Å². The maximum absolute atomic E-state index is 5.91. The van der Waals surface area contributed by atoms with E-state index in [4.69, 9.17) is 16.1 Å². The zero-order valence-corrected chi connectivity index (χ0v) is 20.5. The average molecular weight is 547 g/mol. The molecule has 2 heterocycles. The van der Waals surface area contributed by atoms with Gasteiger partial charge in [0.25, 0.3) is 0 Å². The molecule has 0 spiro atoms. The number of aryl methyl sites for hydroxylation is 1. The summed E-state index contributed by atoms with van der Waals surface area (Å²) in [6.45, 7) is 6.10. The van der Waals surface area contributed by atoms with Gasteiger partial charge in [0.2, 0.25) is 11.7 Å². The maximum atomic E-state index is 5.91. The summed E-state index contributed by atoms with van der Waals surface area (Å²) in [5.74, 6) is 1.94. The lowest BCUT2D eigenvalue weighted by molar-refractivity contribution is 0.380. The summed E-state index contributed by atoms with van der Waals surface area (Å²) < 4.78 is 5.34. The van der Waals surface area contributed by atoms with Gasteiger partial charge in [-0.25, -0.2) is 4.98 Å². The zero-order valence-electron chi connectivity index (χ0n) is 16.6. The Labute approximate surface area is 196 Å². The number of nitrogens with one attached hydrogen (secondary N) is 1. The van der Waals surface area contributed by atoms with Gasteiger partial charge in [0.15, 0.2) is 5.96 Å². The van der Waals surface area contributed by atoms with Gasteiger partial charge < -0.3 is 14.7 Å². The fraction of sp³-hybridized carbons (Fsp3) is 0.368. The van der Waals surface area contributed by atoms with Gasteiger partial charge in [-0.3, -0.25) is 4.99 Å². The van der Waals surface area contributed by atoms with Gasteiger partial charge >= 0.3 is 0 Å². The molecule has 0 saturated carbocycles. The van der Waals surface area contributed by atoms with Crippen LogP contribution in [0.2, 0.25) is 5.02 Å². The Kier molecular flexibility index (Phi) is 9.31. The topological polar surface area (TPSA) is 79.4 Å². The van der Waals surface area contributed by atoms with Crippen LogP contribution in [0.25, 0.3) is 11.4 Å². The van der Waals surface area contributed by atoms with E-state index in [9.17, 15) is 0 Å². The van der Waals surface area contributed by atoms with Gasteiger partial charge in [-0.15, -0.1) is 35.3 Å². The molecule has 0 atom stereocenters. The molecule has 0 radical (unpaired) electrons. The normalized spacial score (nSPS) is 11.2. The number of hydrogen-bond acceptors (Lipinski definition) is 6. The third-order valence-corrected chi connectivity index (χ3v) is 4.99. The van der Waals surface area contributed by atoms with Crippen LogP contribution in [0.15, 0.2) is 39.2 Å². The largest absolute Gasteiger partial charge is 0.357 e. The van der Waals surface area contributed by atoms with Gasteiger partial charge in [0.1, 0.15) is 0 Å². The molecule has 1 aromatic carbocycles. The number of nitrogens with zero attached hydrogens (tertiary/aromatic N) is 5. The molecule has 0 saturated heterocycles. The molecular formula is C19H24ClIN6OS. The molecule has 2 aromatic heterocycles. The predicted octanol–water partition coefficient (Wildman–Crippen LogP) is 4.41. The van der Waals surface area contributed by atoms with E-state index in [-0.39, 0.29) is 24.0 Å². The first-order chi connectivity index (χ1) is 13.5. The minimum Gasteiger partial charge on any atom is -0.357 e. The van der Waals surface area contributed by atoms with Crippen LogP contribution in [0.4, 0.5) is 0 Å². The molecular weight excluding hydrogens is 523 g/mol. The van der Waals surface area contributed by atoms with Crippen molar-refractivity contribution in [1.82, 2.24) is 25.3 Å². The molecule has 7 nitrogen and oxygen atoms in total. The van der Waals surface area contributed by atoms with Crippen LogP contribution in [0.5, 0.6) is 0 Å². The molecule has 0 amide bonds. The van der Waals surface area contributed by atoms with Crippen molar-refractivity contribution in [2.45, 2.75) is 26.8 Å². The highest BCUT2D eigenvalue weighted by Crippen LogP contribution is 2.18. The molecule has 29 heavy (non-hydrogen) atoms. The fourth-order valence-corrected chi connectivity index (χ4v) is 3.33. The Bertz CT molecular complexity index is 927. The summed E-state index contributed by atoms with van der Waals surface area (Å²) in [5, 5.41) is 11.2. The second kappa shape index (κ2) is 11.5. The van der Waals surface area contributed by atoms with E-state index < -0.39 is 0 Å². The molecule has 156 valence electrons. The highest BCUT2D eigenvalue weighted by Gasteiger charge is 2.11. The Morgan fingerprint density at radius 3 is 2.69 bits per heavy atom. The van der Waals surface area contributed by atoms with E-state index in [2.05, 4.69) is 35.7 Å². The summed E-state index contributed by atoms with van der Waals surface area (Å²) in [7, 11) is 2.00. The summed E-state index contributed by atoms with van der Waals surface area (Å²) in [5.41, 5.74) is 1.91. The van der Waals surface area contributed by atoms with Crippen molar-refractivity contribution in [2.24, 2.45) is 4.99 Å². The number of hydrogen-bond donors (Lipinski definition) is 1. The molecule has 3 rings (SSSR count). The minimum absolute atomic E-state index is 0. The molecule has 0 bridgehead atoms. The lowest BCUT2D eigenvalue weighted by Crippen LogP contribution is -2.38. The molecule has 0 aliphatic rings. The van der Waals surface area contributed by atoms with E-state index >= 15 is 0 Å². The van der Waals surface area contributed by atoms with Crippen molar-refractivity contribution in [3.63, 3.8) is 0 Å². The lowest BCUT2D eigenvalue weighted by Gasteiger charge is -2.21. The van der Waals surface area contributed by atoms with Gasteiger partial charge in [-0.1, -0.05) is 16.8 Å². The second-order valence-electron chi connectivity index (χ2n) is 6.22. The third-order valence-electron chi connectivity index (χ3n) is 3.92. The number of rotatable bonds is 7. The molecule has 10 heteroatoms. The first-order valence-corrected chi connectivity index (χ1v) is 10.3. The summed E-state index contributed by atoms with van der Waals surface area (Å²) in [6, 6.07) is 7.35. The smallest absolute Gasteiger partial charge is 0.228 e. The monoisotopic (exact) mass is 546 g/mol. The molecule has 0 aliphatic carbocycles. The van der Waals surface area contributed by atoms with Gasteiger partial charge in [0, 0.05) is 36.0 Å². The highest BCUT2D eigenvalue weighted by molar-refractivity contribution is 14.0. The molecule has 0 aliphatic heterocycles. The van der Waals surface area contributed by atoms with E-state index in [1.807, 2.05) is 33.0 Å². The number of benzene rings is 1. The number of thiazole rings is 1. The Balaban J connectivity index is 0.00000300. The first-order valence-electron chi connectivity index (χ1n) is 9.04. The number of aromatic nitrogens is 3. The van der Waals surface area contributed by atoms with Gasteiger partial charge in [-0.05, 0) is 38.1 Å². The van der Waals surface area contributed by atoms with E-state index in [0.717, 1.165) is 28.8 Å². The van der Waals surface area contributed by atoms with Crippen LogP contribution in [-0.2, 0) is 13.0 Å². The van der Waals surface area contributed by atoms with Crippen molar-refractivity contribution in [3.05, 3.63) is 51.3 Å². The van der Waals surface area contributed by atoms with E-state index in [1.165, 1.54) is 0 Å². The van der Waals surface area contributed by atoms with Crippen LogP contribution in [0, 0.1) is 6.92 Å². The minimum atomic E-state index is 0. The fourth-order valence-electron chi connectivity index (χ4n) is 2.60. The van der Waals surface area contributed by atoms with Crippen LogP contribution in [0.1, 0.15) is 23.5 Å². The zero-order chi connectivity index (χ0) is 19.9. The van der Waals surface area contributed by atoms with E-state index in [1.54, 1.807) is 23.5 Å². The van der Waals surface area contributed by atoms with Gasteiger partial charge in [-0.2, -0.15) is 4.98 Å². The number of guanidine groups is 1. The number of halogens is 2. The lowest BCUT2D eigenvalue weighted by atomic mass is 10.2. The van der Waals surface area contributed by atoms with Crippen molar-refractivity contribution < 1.29 is 4.52 Å². The van der Waals surface area contributed by atoms with Crippen LogP contribution >= 0.6 is 46.9 Å².